The van der Waals surface area contributed by atoms with Crippen LogP contribution in [-0.4, -0.2) is 31.0 Å². The van der Waals surface area contributed by atoms with Crippen molar-refractivity contribution in [2.24, 2.45) is 0 Å². The average Bonchev–Trinajstić information content (AvgIpc) is 2.92. The van der Waals surface area contributed by atoms with E-state index < -0.39 is 5.41 Å². The number of benzene rings is 3. The van der Waals surface area contributed by atoms with Gasteiger partial charge in [0.25, 0.3) is 0 Å². The molecule has 0 amide bonds. The standard InChI is InChI=1S/C23H17O2Se/c24-21-19-13-7-8-14-20(19)22(25)23(21,17-9-3-1-4-10-17)15-16-26-18-11-5-2-6-12-18/h1-14,16H,15H2/q+1. The molecule has 3 aromatic rings. The first-order valence-corrected chi connectivity index (χ1v) is 10.4. The van der Waals surface area contributed by atoms with Crippen LogP contribution in [-0.2, 0) is 5.41 Å². The number of Topliss-reactive ketones (excluding diaryl/α,β-unsaturated/α-hetero) is 2. The van der Waals surface area contributed by atoms with E-state index in [1.807, 2.05) is 60.7 Å². The first-order chi connectivity index (χ1) is 12.7. The normalized spacial score (nSPS) is 15.4. The molecule has 0 radical (unpaired) electrons. The van der Waals surface area contributed by atoms with Crippen molar-refractivity contribution in [1.82, 2.24) is 0 Å². The van der Waals surface area contributed by atoms with Gasteiger partial charge in [-0.25, -0.2) is 0 Å². The Morgan fingerprint density at radius 1 is 0.692 bits per heavy atom. The van der Waals surface area contributed by atoms with Gasteiger partial charge in [0, 0.05) is 0 Å². The van der Waals surface area contributed by atoms with E-state index in [2.05, 4.69) is 17.1 Å². The fourth-order valence-corrected chi connectivity index (χ4v) is 5.25. The molecule has 3 aromatic carbocycles. The molecule has 2 nitrogen and oxygen atoms in total. The van der Waals surface area contributed by atoms with Crippen LogP contribution in [0, 0.1) is 0 Å². The van der Waals surface area contributed by atoms with Gasteiger partial charge in [-0.1, -0.05) is 0 Å². The molecule has 0 aliphatic heterocycles. The first-order valence-electron chi connectivity index (χ1n) is 8.51. The predicted octanol–water partition coefficient (Wildman–Crippen LogP) is 3.23. The van der Waals surface area contributed by atoms with E-state index in [9.17, 15) is 9.59 Å². The molecule has 4 rings (SSSR count). The molecule has 0 bridgehead atoms. The number of fused-ring (bicyclic) bond motifs is 1. The van der Waals surface area contributed by atoms with Crippen LogP contribution < -0.4 is 4.46 Å². The Labute approximate surface area is 158 Å². The van der Waals surface area contributed by atoms with Crippen LogP contribution in [0.5, 0.6) is 0 Å². The Bertz CT molecular complexity index is 956. The topological polar surface area (TPSA) is 34.1 Å². The van der Waals surface area contributed by atoms with Crippen molar-refractivity contribution in [3.63, 3.8) is 0 Å². The van der Waals surface area contributed by atoms with Gasteiger partial charge in [0.15, 0.2) is 0 Å². The van der Waals surface area contributed by atoms with Crippen molar-refractivity contribution >= 4 is 35.5 Å². The molecule has 3 heteroatoms. The molecule has 0 heterocycles. The number of carbonyl (C=O) groups excluding carboxylic acids is 2. The SMILES string of the molecule is O=C1c2ccccc2C(=O)C1(CC=[Se+]c1ccccc1)c1ccccc1. The second-order valence-electron chi connectivity index (χ2n) is 6.28. The molecule has 0 aromatic heterocycles. The molecule has 1 aliphatic rings. The van der Waals surface area contributed by atoms with Crippen LogP contribution >= 0.6 is 0 Å². The molecular formula is C23H17O2Se+. The van der Waals surface area contributed by atoms with Crippen molar-refractivity contribution in [3.05, 3.63) is 102 Å². The van der Waals surface area contributed by atoms with Gasteiger partial charge in [0.1, 0.15) is 0 Å². The maximum absolute atomic E-state index is 13.3. The molecule has 0 N–H and O–H groups in total. The maximum atomic E-state index is 13.3. The zero-order valence-corrected chi connectivity index (χ0v) is 15.8. The summed E-state index contributed by atoms with van der Waals surface area (Å²) in [6, 6.07) is 26.8. The fraction of sp³-hybridized carbons (Fsp3) is 0.0870. The van der Waals surface area contributed by atoms with E-state index >= 15 is 0 Å². The molecule has 0 atom stereocenters. The van der Waals surface area contributed by atoms with Gasteiger partial charge < -0.3 is 0 Å². The van der Waals surface area contributed by atoms with Gasteiger partial charge in [-0.05, 0) is 0 Å². The molecule has 0 unspecified atom stereocenters. The third-order valence-corrected chi connectivity index (χ3v) is 6.65. The van der Waals surface area contributed by atoms with Crippen LogP contribution in [0.2, 0.25) is 0 Å². The molecule has 0 saturated carbocycles. The van der Waals surface area contributed by atoms with Gasteiger partial charge in [-0.15, -0.1) is 0 Å². The summed E-state index contributed by atoms with van der Waals surface area (Å²) in [7, 11) is 0. The minimum atomic E-state index is -1.12. The monoisotopic (exact) mass is 405 g/mol. The zero-order chi connectivity index (χ0) is 18.0. The summed E-state index contributed by atoms with van der Waals surface area (Å²) in [5.41, 5.74) is 0.747. The molecule has 0 fully saturated rings. The molecule has 26 heavy (non-hydrogen) atoms. The van der Waals surface area contributed by atoms with E-state index in [-0.39, 0.29) is 26.1 Å². The quantitative estimate of drug-likeness (QED) is 0.494. The summed E-state index contributed by atoms with van der Waals surface area (Å²) < 4.78 is 1.23. The van der Waals surface area contributed by atoms with E-state index in [0.29, 0.717) is 17.5 Å². The van der Waals surface area contributed by atoms with E-state index in [0.717, 1.165) is 5.56 Å². The van der Waals surface area contributed by atoms with Gasteiger partial charge in [0.2, 0.25) is 0 Å². The van der Waals surface area contributed by atoms with Crippen LogP contribution in [0.4, 0.5) is 0 Å². The second-order valence-corrected chi connectivity index (χ2v) is 8.46. The summed E-state index contributed by atoms with van der Waals surface area (Å²) in [6.07, 6.45) is 0.429. The third-order valence-electron chi connectivity index (χ3n) is 4.81. The molecule has 1 aliphatic carbocycles. The summed E-state index contributed by atoms with van der Waals surface area (Å²) in [5, 5.41) is 0. The Morgan fingerprint density at radius 3 is 1.77 bits per heavy atom. The fourth-order valence-electron chi connectivity index (χ4n) is 3.49. The van der Waals surface area contributed by atoms with Gasteiger partial charge in [-0.3, -0.25) is 0 Å². The molecule has 0 saturated heterocycles. The molecule has 0 spiro atoms. The number of hydrogen-bond donors (Lipinski definition) is 0. The van der Waals surface area contributed by atoms with Crippen molar-refractivity contribution in [2.45, 2.75) is 11.8 Å². The van der Waals surface area contributed by atoms with Crippen molar-refractivity contribution in [3.8, 4) is 0 Å². The predicted molar refractivity (Wildman–Crippen MR) is 106 cm³/mol. The Kier molecular flexibility index (Phi) is 4.50. The molecule has 126 valence electrons. The van der Waals surface area contributed by atoms with Crippen LogP contribution in [0.1, 0.15) is 32.7 Å². The zero-order valence-electron chi connectivity index (χ0n) is 14.1. The average molecular weight is 404 g/mol. The minimum absolute atomic E-state index is 0.0792. The first kappa shape index (κ1) is 16.8. The summed E-state index contributed by atoms with van der Waals surface area (Å²) in [5.74, 6) is -0.158. The Balaban J connectivity index is 1.79. The third kappa shape index (κ3) is 2.70. The number of hydrogen-bond acceptors (Lipinski definition) is 2. The van der Waals surface area contributed by atoms with Gasteiger partial charge in [-0.2, -0.15) is 0 Å². The van der Waals surface area contributed by atoms with Crippen LogP contribution in [0.3, 0.4) is 0 Å². The summed E-state index contributed by atoms with van der Waals surface area (Å²) in [4.78, 5) is 28.8. The Hall–Kier alpha value is -2.61. The van der Waals surface area contributed by atoms with Crippen LogP contribution in [0.25, 0.3) is 0 Å². The van der Waals surface area contributed by atoms with Crippen molar-refractivity contribution < 1.29 is 9.59 Å². The summed E-state index contributed by atoms with van der Waals surface area (Å²) >= 11 is 0.109. The Morgan fingerprint density at radius 2 is 1.19 bits per heavy atom. The number of carbonyl (C=O) groups is 2. The van der Waals surface area contributed by atoms with Crippen molar-refractivity contribution in [2.75, 3.05) is 0 Å². The summed E-state index contributed by atoms with van der Waals surface area (Å²) in [6.45, 7) is 0. The van der Waals surface area contributed by atoms with Crippen molar-refractivity contribution in [1.29, 1.82) is 0 Å². The van der Waals surface area contributed by atoms with E-state index in [4.69, 9.17) is 0 Å². The van der Waals surface area contributed by atoms with Crippen LogP contribution in [0.15, 0.2) is 84.9 Å². The number of rotatable bonds is 4. The van der Waals surface area contributed by atoms with Gasteiger partial charge >= 0.3 is 159 Å². The molecular weight excluding hydrogens is 387 g/mol. The van der Waals surface area contributed by atoms with Gasteiger partial charge in [0.05, 0.1) is 0 Å². The van der Waals surface area contributed by atoms with E-state index in [1.54, 1.807) is 12.1 Å². The second kappa shape index (κ2) is 6.95. The number of ketones is 2. The van der Waals surface area contributed by atoms with E-state index in [1.165, 1.54) is 4.46 Å².